The van der Waals surface area contributed by atoms with E-state index in [1.807, 2.05) is 0 Å². The van der Waals surface area contributed by atoms with Crippen molar-refractivity contribution in [2.24, 2.45) is 0 Å². The summed E-state index contributed by atoms with van der Waals surface area (Å²) in [6.07, 6.45) is 2.02. The van der Waals surface area contributed by atoms with E-state index in [2.05, 4.69) is 5.32 Å². The predicted octanol–water partition coefficient (Wildman–Crippen LogP) is 1.61. The maximum atomic E-state index is 13.5. The highest BCUT2D eigenvalue weighted by Crippen LogP contribution is 2.27. The zero-order valence-electron chi connectivity index (χ0n) is 10.6. The van der Waals surface area contributed by atoms with Gasteiger partial charge in [0.2, 0.25) is 0 Å². The number of benzene rings is 1. The molecular formula is C11H13FN2O5S. The molecule has 2 N–H and O–H groups in total. The first kappa shape index (κ1) is 16.0. The summed E-state index contributed by atoms with van der Waals surface area (Å²) in [6, 6.07) is 1.46. The monoisotopic (exact) mass is 304 g/mol. The average molecular weight is 304 g/mol. The number of hydrogen-bond donors (Lipinski definition) is 2. The molecule has 1 aromatic rings. The van der Waals surface area contributed by atoms with Crippen molar-refractivity contribution in [1.29, 1.82) is 0 Å². The highest BCUT2D eigenvalue weighted by Gasteiger charge is 2.21. The first-order valence-electron chi connectivity index (χ1n) is 5.58. The minimum absolute atomic E-state index is 0.0978. The number of nitrogens with one attached hydrogen (secondary N) is 1. The van der Waals surface area contributed by atoms with Gasteiger partial charge < -0.3 is 10.4 Å². The predicted molar refractivity (Wildman–Crippen MR) is 72.1 cm³/mol. The summed E-state index contributed by atoms with van der Waals surface area (Å²) in [5.41, 5.74) is -1.36. The highest BCUT2D eigenvalue weighted by molar-refractivity contribution is 7.84. The molecule has 0 bridgehead atoms. The Bertz CT molecular complexity index is 564. The third kappa shape index (κ3) is 4.26. The van der Waals surface area contributed by atoms with Crippen molar-refractivity contribution >= 4 is 28.1 Å². The summed E-state index contributed by atoms with van der Waals surface area (Å²) >= 11 is 0. The van der Waals surface area contributed by atoms with E-state index in [1.54, 1.807) is 0 Å². The van der Waals surface area contributed by atoms with Crippen molar-refractivity contribution in [2.75, 3.05) is 23.9 Å². The molecular weight excluding hydrogens is 291 g/mol. The lowest BCUT2D eigenvalue weighted by atomic mass is 10.1. The summed E-state index contributed by atoms with van der Waals surface area (Å²) in [4.78, 5) is 20.8. The van der Waals surface area contributed by atoms with Gasteiger partial charge in [-0.1, -0.05) is 0 Å². The van der Waals surface area contributed by atoms with Gasteiger partial charge in [-0.15, -0.1) is 0 Å². The molecule has 0 aliphatic rings. The number of hydrogen-bond acceptors (Lipinski definition) is 5. The molecule has 1 rings (SSSR count). The van der Waals surface area contributed by atoms with Crippen LogP contribution in [0.25, 0.3) is 0 Å². The van der Waals surface area contributed by atoms with Crippen LogP contribution in [0.15, 0.2) is 12.1 Å². The maximum Gasteiger partial charge on any atom is 0.338 e. The maximum absolute atomic E-state index is 13.5. The number of nitro groups is 1. The summed E-state index contributed by atoms with van der Waals surface area (Å²) in [5, 5.41) is 22.2. The molecule has 110 valence electrons. The summed E-state index contributed by atoms with van der Waals surface area (Å²) in [6.45, 7) is 0.270. The molecule has 0 aromatic heterocycles. The molecule has 9 heteroatoms. The van der Waals surface area contributed by atoms with Crippen LogP contribution in [0.3, 0.4) is 0 Å². The summed E-state index contributed by atoms with van der Waals surface area (Å²) < 4.78 is 24.3. The minimum Gasteiger partial charge on any atom is -0.478 e. The Labute approximate surface area is 116 Å². The van der Waals surface area contributed by atoms with Crippen molar-refractivity contribution in [1.82, 2.24) is 0 Å². The van der Waals surface area contributed by atoms with Crippen molar-refractivity contribution in [3.05, 3.63) is 33.6 Å². The van der Waals surface area contributed by atoms with Gasteiger partial charge in [0.05, 0.1) is 4.92 Å². The minimum atomic E-state index is -1.57. The second-order valence-electron chi connectivity index (χ2n) is 3.97. The van der Waals surface area contributed by atoms with Crippen LogP contribution in [0.2, 0.25) is 0 Å². The molecule has 20 heavy (non-hydrogen) atoms. The van der Waals surface area contributed by atoms with Crippen LogP contribution in [0.4, 0.5) is 15.8 Å². The Hall–Kier alpha value is -2.03. The van der Waals surface area contributed by atoms with Crippen LogP contribution in [-0.2, 0) is 10.8 Å². The van der Waals surface area contributed by atoms with Gasteiger partial charge in [-0.25, -0.2) is 9.18 Å². The smallest absolute Gasteiger partial charge is 0.338 e. The number of aromatic carboxylic acids is 1. The Kier molecular flexibility index (Phi) is 5.56. The molecule has 0 aliphatic carbocycles. The topological polar surface area (TPSA) is 110 Å². The van der Waals surface area contributed by atoms with Gasteiger partial charge in [0.15, 0.2) is 0 Å². The fourth-order valence-electron chi connectivity index (χ4n) is 1.52. The third-order valence-corrected chi connectivity index (χ3v) is 3.30. The van der Waals surface area contributed by atoms with Crippen LogP contribution in [-0.4, -0.2) is 38.8 Å². The van der Waals surface area contributed by atoms with Crippen molar-refractivity contribution in [3.8, 4) is 0 Å². The van der Waals surface area contributed by atoms with Gasteiger partial charge in [-0.3, -0.25) is 14.3 Å². The first-order valence-corrected chi connectivity index (χ1v) is 7.30. The standard InChI is InChI=1S/C11H13FN2O5S/c1-20(19)4-2-3-13-9-6-8(12)7(11(15)16)5-10(9)14(17)18/h5-6,13H,2-4H2,1H3,(H,15,16). The molecule has 1 atom stereocenters. The fourth-order valence-corrected chi connectivity index (χ4v) is 2.07. The quantitative estimate of drug-likeness (QED) is 0.450. The van der Waals surface area contributed by atoms with Crippen LogP contribution in [0.5, 0.6) is 0 Å². The number of nitrogens with zero attached hydrogens (tertiary/aromatic N) is 1. The number of carboxylic acids is 1. The molecule has 0 amide bonds. The first-order chi connectivity index (χ1) is 9.32. The van der Waals surface area contributed by atoms with Crippen LogP contribution < -0.4 is 5.32 Å². The zero-order chi connectivity index (χ0) is 15.3. The van der Waals surface area contributed by atoms with E-state index in [4.69, 9.17) is 5.11 Å². The van der Waals surface area contributed by atoms with Gasteiger partial charge in [0.25, 0.3) is 5.69 Å². The lowest BCUT2D eigenvalue weighted by molar-refractivity contribution is -0.384. The van der Waals surface area contributed by atoms with E-state index in [0.717, 1.165) is 6.07 Å². The number of halogens is 1. The van der Waals surface area contributed by atoms with Gasteiger partial charge in [-0.2, -0.15) is 0 Å². The van der Waals surface area contributed by atoms with Gasteiger partial charge >= 0.3 is 5.97 Å². The van der Waals surface area contributed by atoms with Gasteiger partial charge in [0, 0.05) is 41.5 Å². The molecule has 0 radical (unpaired) electrons. The molecule has 0 fully saturated rings. The summed E-state index contributed by atoms with van der Waals surface area (Å²) in [7, 11) is -0.977. The van der Waals surface area contributed by atoms with E-state index in [9.17, 15) is 23.5 Å². The number of carbonyl (C=O) groups is 1. The largest absolute Gasteiger partial charge is 0.478 e. The average Bonchev–Trinajstić information content (AvgIpc) is 2.33. The lowest BCUT2D eigenvalue weighted by Crippen LogP contribution is -2.10. The Morgan fingerprint density at radius 1 is 1.55 bits per heavy atom. The molecule has 0 aliphatic heterocycles. The highest BCUT2D eigenvalue weighted by atomic mass is 32.2. The number of carboxylic acid groups (broad SMARTS) is 1. The van der Waals surface area contributed by atoms with E-state index < -0.39 is 38.8 Å². The Balaban J connectivity index is 2.94. The van der Waals surface area contributed by atoms with E-state index in [1.165, 1.54) is 6.26 Å². The molecule has 1 unspecified atom stereocenters. The van der Waals surface area contributed by atoms with Crippen LogP contribution in [0.1, 0.15) is 16.8 Å². The second kappa shape index (κ2) is 6.94. The lowest BCUT2D eigenvalue weighted by Gasteiger charge is -2.08. The summed E-state index contributed by atoms with van der Waals surface area (Å²) in [5.74, 6) is -2.21. The zero-order valence-corrected chi connectivity index (χ0v) is 11.4. The Morgan fingerprint density at radius 2 is 2.20 bits per heavy atom. The van der Waals surface area contributed by atoms with Gasteiger partial charge in [-0.05, 0) is 6.42 Å². The van der Waals surface area contributed by atoms with Crippen molar-refractivity contribution in [3.63, 3.8) is 0 Å². The molecule has 0 saturated carbocycles. The fraction of sp³-hybridized carbons (Fsp3) is 0.364. The van der Waals surface area contributed by atoms with E-state index >= 15 is 0 Å². The number of anilines is 1. The number of nitro benzene ring substituents is 1. The molecule has 7 nitrogen and oxygen atoms in total. The molecule has 0 heterocycles. The van der Waals surface area contributed by atoms with Crippen molar-refractivity contribution < 1.29 is 23.4 Å². The third-order valence-electron chi connectivity index (χ3n) is 2.44. The SMILES string of the molecule is CS(=O)CCCNc1cc(F)c(C(=O)O)cc1[N+](=O)[O-]. The Morgan fingerprint density at radius 3 is 2.70 bits per heavy atom. The molecule has 0 saturated heterocycles. The van der Waals surface area contributed by atoms with E-state index in [-0.39, 0.29) is 12.2 Å². The molecule has 1 aromatic carbocycles. The molecule has 0 spiro atoms. The van der Waals surface area contributed by atoms with Gasteiger partial charge in [0.1, 0.15) is 17.1 Å². The normalized spacial score (nSPS) is 11.9. The van der Waals surface area contributed by atoms with E-state index in [0.29, 0.717) is 18.2 Å². The number of rotatable bonds is 7. The van der Waals surface area contributed by atoms with Crippen LogP contribution >= 0.6 is 0 Å². The van der Waals surface area contributed by atoms with Crippen molar-refractivity contribution in [2.45, 2.75) is 6.42 Å². The second-order valence-corrected chi connectivity index (χ2v) is 5.52. The van der Waals surface area contributed by atoms with Crippen LogP contribution in [0, 0.1) is 15.9 Å².